The maximum atomic E-state index is 10.4. The molecule has 0 bridgehead atoms. The van der Waals surface area contributed by atoms with Gasteiger partial charge in [-0.05, 0) is 18.8 Å². The van der Waals surface area contributed by atoms with Crippen LogP contribution in [0.5, 0.6) is 0 Å². The Hall–Kier alpha value is -0.640. The maximum Gasteiger partial charge on any atom is 0.157 e. The average Bonchev–Trinajstić information content (AvgIpc) is 2.54. The van der Waals surface area contributed by atoms with E-state index in [2.05, 4.69) is 20.1 Å². The first-order valence-corrected chi connectivity index (χ1v) is 6.62. The lowest BCUT2D eigenvalue weighted by atomic mass is 9.58. The lowest BCUT2D eigenvalue weighted by Gasteiger charge is -2.48. The summed E-state index contributed by atoms with van der Waals surface area (Å²) in [6.07, 6.45) is 1.13. The molecule has 1 heterocycles. The van der Waals surface area contributed by atoms with E-state index in [0.717, 1.165) is 5.57 Å². The van der Waals surface area contributed by atoms with Gasteiger partial charge in [0.1, 0.15) is 0 Å². The van der Waals surface area contributed by atoms with Crippen molar-refractivity contribution in [2.45, 2.75) is 45.7 Å². The molecule has 3 nitrogen and oxygen atoms in total. The van der Waals surface area contributed by atoms with Gasteiger partial charge in [0.2, 0.25) is 0 Å². The third-order valence-corrected chi connectivity index (χ3v) is 4.86. The molecule has 0 aromatic heterocycles. The SMILES string of the molecule is C=C[C@@]1(C)C[C@H](O)[C@H]2[C@H](C)[C@@H](O)O[C@H]2[C@@H]1C(=C)C. The van der Waals surface area contributed by atoms with Crippen LogP contribution in [0.4, 0.5) is 0 Å². The largest absolute Gasteiger partial charge is 0.393 e. The topological polar surface area (TPSA) is 49.7 Å². The van der Waals surface area contributed by atoms with Crippen molar-refractivity contribution >= 4 is 0 Å². The van der Waals surface area contributed by atoms with Crippen molar-refractivity contribution in [3.63, 3.8) is 0 Å². The van der Waals surface area contributed by atoms with Gasteiger partial charge >= 0.3 is 0 Å². The molecule has 18 heavy (non-hydrogen) atoms. The van der Waals surface area contributed by atoms with E-state index >= 15 is 0 Å². The Labute approximate surface area is 109 Å². The number of ether oxygens (including phenoxy) is 1. The Balaban J connectivity index is 2.41. The van der Waals surface area contributed by atoms with Crippen molar-refractivity contribution in [3.05, 3.63) is 24.8 Å². The summed E-state index contributed by atoms with van der Waals surface area (Å²) in [6, 6.07) is 0. The monoisotopic (exact) mass is 252 g/mol. The quantitative estimate of drug-likeness (QED) is 0.740. The Bertz CT molecular complexity index is 365. The third-order valence-electron chi connectivity index (χ3n) is 4.86. The first kappa shape index (κ1) is 13.8. The molecule has 3 heteroatoms. The highest BCUT2D eigenvalue weighted by Gasteiger charge is 2.56. The summed E-state index contributed by atoms with van der Waals surface area (Å²) in [7, 11) is 0. The second-order valence-corrected chi connectivity index (χ2v) is 6.23. The number of aliphatic hydroxyl groups is 2. The van der Waals surface area contributed by atoms with E-state index < -0.39 is 12.4 Å². The van der Waals surface area contributed by atoms with Crippen LogP contribution in [-0.2, 0) is 4.74 Å². The lowest BCUT2D eigenvalue weighted by molar-refractivity contribution is -0.136. The van der Waals surface area contributed by atoms with Gasteiger partial charge in [0.25, 0.3) is 0 Å². The van der Waals surface area contributed by atoms with Gasteiger partial charge in [0, 0.05) is 17.8 Å². The predicted octanol–water partition coefficient (Wildman–Crippen LogP) is 2.11. The Morgan fingerprint density at radius 2 is 2.06 bits per heavy atom. The van der Waals surface area contributed by atoms with Gasteiger partial charge in [-0.1, -0.05) is 32.1 Å². The van der Waals surface area contributed by atoms with Crippen molar-refractivity contribution in [3.8, 4) is 0 Å². The summed E-state index contributed by atoms with van der Waals surface area (Å²) in [6.45, 7) is 14.0. The molecule has 2 N–H and O–H groups in total. The van der Waals surface area contributed by atoms with E-state index in [1.807, 2.05) is 19.9 Å². The van der Waals surface area contributed by atoms with Crippen LogP contribution in [0, 0.1) is 23.2 Å². The normalized spacial score (nSPS) is 51.8. The zero-order valence-electron chi connectivity index (χ0n) is 11.5. The molecule has 0 spiro atoms. The average molecular weight is 252 g/mol. The Morgan fingerprint density at radius 1 is 1.44 bits per heavy atom. The van der Waals surface area contributed by atoms with Gasteiger partial charge in [-0.2, -0.15) is 0 Å². The van der Waals surface area contributed by atoms with Crippen LogP contribution in [0.3, 0.4) is 0 Å². The molecule has 0 aromatic rings. The van der Waals surface area contributed by atoms with E-state index in [1.165, 1.54) is 0 Å². The van der Waals surface area contributed by atoms with Gasteiger partial charge in [-0.15, -0.1) is 6.58 Å². The van der Waals surface area contributed by atoms with Gasteiger partial charge in [0.15, 0.2) is 6.29 Å². The molecule has 0 radical (unpaired) electrons. The minimum absolute atomic E-state index is 0.0188. The van der Waals surface area contributed by atoms with Crippen LogP contribution in [-0.4, -0.2) is 28.7 Å². The minimum Gasteiger partial charge on any atom is -0.393 e. The number of allylic oxidation sites excluding steroid dienone is 1. The number of hydrogen-bond donors (Lipinski definition) is 2. The van der Waals surface area contributed by atoms with E-state index in [1.54, 1.807) is 0 Å². The molecular formula is C15H24O3. The molecule has 1 saturated heterocycles. The Kier molecular flexibility index (Phi) is 3.43. The molecule has 1 aliphatic heterocycles. The van der Waals surface area contributed by atoms with Gasteiger partial charge < -0.3 is 14.9 Å². The molecule has 1 saturated carbocycles. The minimum atomic E-state index is -0.788. The van der Waals surface area contributed by atoms with Crippen LogP contribution in [0.2, 0.25) is 0 Å². The summed E-state index contributed by atoms with van der Waals surface area (Å²) in [5.74, 6) is 0.0407. The van der Waals surface area contributed by atoms with Crippen LogP contribution < -0.4 is 0 Å². The van der Waals surface area contributed by atoms with E-state index in [-0.39, 0.29) is 29.3 Å². The summed E-state index contributed by atoms with van der Waals surface area (Å²) < 4.78 is 5.71. The molecular weight excluding hydrogens is 228 g/mol. The highest BCUT2D eigenvalue weighted by molar-refractivity contribution is 5.18. The van der Waals surface area contributed by atoms with Crippen molar-refractivity contribution in [2.75, 3.05) is 0 Å². The second kappa shape index (κ2) is 4.48. The van der Waals surface area contributed by atoms with E-state index in [4.69, 9.17) is 4.74 Å². The van der Waals surface area contributed by atoms with Gasteiger partial charge in [-0.25, -0.2) is 0 Å². The summed E-state index contributed by atoms with van der Waals surface area (Å²) >= 11 is 0. The molecule has 7 atom stereocenters. The second-order valence-electron chi connectivity index (χ2n) is 6.23. The van der Waals surface area contributed by atoms with Crippen molar-refractivity contribution < 1.29 is 14.9 Å². The molecule has 2 aliphatic rings. The van der Waals surface area contributed by atoms with Crippen LogP contribution in [0.1, 0.15) is 27.2 Å². The fourth-order valence-corrected chi connectivity index (χ4v) is 3.88. The molecule has 0 unspecified atom stereocenters. The highest BCUT2D eigenvalue weighted by atomic mass is 16.6. The molecule has 2 fully saturated rings. The fourth-order valence-electron chi connectivity index (χ4n) is 3.88. The number of rotatable bonds is 2. The van der Waals surface area contributed by atoms with Crippen LogP contribution in [0.25, 0.3) is 0 Å². The van der Waals surface area contributed by atoms with Crippen LogP contribution >= 0.6 is 0 Å². The van der Waals surface area contributed by atoms with Gasteiger partial charge in [-0.3, -0.25) is 0 Å². The van der Waals surface area contributed by atoms with Crippen LogP contribution in [0.15, 0.2) is 24.8 Å². The Morgan fingerprint density at radius 3 is 2.56 bits per heavy atom. The summed E-state index contributed by atoms with van der Waals surface area (Å²) in [4.78, 5) is 0. The molecule has 0 aromatic carbocycles. The molecule has 102 valence electrons. The van der Waals surface area contributed by atoms with Crippen molar-refractivity contribution in [1.82, 2.24) is 0 Å². The zero-order valence-corrected chi connectivity index (χ0v) is 11.5. The molecule has 2 rings (SSSR count). The smallest absolute Gasteiger partial charge is 0.157 e. The molecule has 0 amide bonds. The predicted molar refractivity (Wildman–Crippen MR) is 70.8 cm³/mol. The number of fused-ring (bicyclic) bond motifs is 1. The standard InChI is InChI=1S/C15H24O3/c1-6-15(5)7-10(16)11-9(4)14(17)18-13(11)12(15)8(2)3/h6,9-14,16-17H,1-2,7H2,3-5H3/t9-,10-,11+,12-,13+,14-,15-/m0/s1. The number of aliphatic hydroxyl groups excluding tert-OH is 2. The lowest BCUT2D eigenvalue weighted by Crippen LogP contribution is -2.50. The zero-order chi connectivity index (χ0) is 13.7. The molecule has 1 aliphatic carbocycles. The van der Waals surface area contributed by atoms with E-state index in [9.17, 15) is 10.2 Å². The maximum absolute atomic E-state index is 10.4. The third kappa shape index (κ3) is 1.85. The number of hydrogen-bond acceptors (Lipinski definition) is 3. The summed E-state index contributed by atoms with van der Waals surface area (Å²) in [5, 5.41) is 20.3. The fraction of sp³-hybridized carbons (Fsp3) is 0.733. The first-order valence-electron chi connectivity index (χ1n) is 6.62. The summed E-state index contributed by atoms with van der Waals surface area (Å²) in [5.41, 5.74) is 0.802. The van der Waals surface area contributed by atoms with Gasteiger partial charge in [0.05, 0.1) is 12.2 Å². The van der Waals surface area contributed by atoms with Crippen molar-refractivity contribution in [2.24, 2.45) is 23.2 Å². The first-order chi connectivity index (χ1) is 8.31. The van der Waals surface area contributed by atoms with Crippen molar-refractivity contribution in [1.29, 1.82) is 0 Å². The van der Waals surface area contributed by atoms with E-state index in [0.29, 0.717) is 6.42 Å². The highest BCUT2D eigenvalue weighted by Crippen LogP contribution is 2.53.